The van der Waals surface area contributed by atoms with Crippen molar-refractivity contribution in [1.29, 1.82) is 5.26 Å². The Morgan fingerprint density at radius 2 is 1.66 bits per heavy atom. The molecular weight excluding hydrogens is 430 g/mol. The molecule has 1 aromatic rings. The van der Waals surface area contributed by atoms with Gasteiger partial charge in [0.25, 0.3) is 0 Å². The number of aryl methyl sites for hydroxylation is 1. The van der Waals surface area contributed by atoms with Crippen molar-refractivity contribution in [3.05, 3.63) is 87.2 Å². The SMILES string of the molecule is CC=C/C(C)=C(/C#N)C(=O)C(C)C.Cc1ccnc(C(C)C)c1C.[C-]#[N+]C(C(=C)C(C)C)=C(C)C. The summed E-state index contributed by atoms with van der Waals surface area (Å²) in [5, 5.41) is 8.78. The summed E-state index contributed by atoms with van der Waals surface area (Å²) in [5.41, 5.74) is 7.65. The Hall–Kier alpha value is -3.24. The van der Waals surface area contributed by atoms with Crippen LogP contribution in [0.25, 0.3) is 4.85 Å². The van der Waals surface area contributed by atoms with Crippen molar-refractivity contribution < 1.29 is 4.79 Å². The van der Waals surface area contributed by atoms with Gasteiger partial charge in [-0.25, -0.2) is 4.85 Å². The van der Waals surface area contributed by atoms with Crippen LogP contribution in [0.5, 0.6) is 0 Å². The number of allylic oxidation sites excluding steroid dienone is 6. The summed E-state index contributed by atoms with van der Waals surface area (Å²) in [6.45, 7) is 34.6. The van der Waals surface area contributed by atoms with E-state index in [1.54, 1.807) is 26.8 Å². The summed E-state index contributed by atoms with van der Waals surface area (Å²) in [6, 6.07) is 4.00. The third kappa shape index (κ3) is 12.2. The van der Waals surface area contributed by atoms with Crippen molar-refractivity contribution in [1.82, 2.24) is 4.98 Å². The van der Waals surface area contributed by atoms with Gasteiger partial charge in [0.2, 0.25) is 0 Å². The molecule has 0 N–H and O–H groups in total. The molecule has 1 heterocycles. The van der Waals surface area contributed by atoms with E-state index < -0.39 is 0 Å². The van der Waals surface area contributed by atoms with Gasteiger partial charge in [-0.2, -0.15) is 5.26 Å². The van der Waals surface area contributed by atoms with E-state index in [1.165, 1.54) is 16.8 Å². The molecule has 0 aliphatic carbocycles. The van der Waals surface area contributed by atoms with Gasteiger partial charge in [0, 0.05) is 17.8 Å². The van der Waals surface area contributed by atoms with Crippen molar-refractivity contribution >= 4 is 5.78 Å². The molecule has 0 radical (unpaired) electrons. The highest BCUT2D eigenvalue weighted by atomic mass is 16.1. The second kappa shape index (κ2) is 17.2. The zero-order valence-electron chi connectivity index (χ0n) is 24.0. The predicted molar refractivity (Wildman–Crippen MR) is 150 cm³/mol. The van der Waals surface area contributed by atoms with Crippen molar-refractivity contribution in [2.24, 2.45) is 11.8 Å². The van der Waals surface area contributed by atoms with Crippen molar-refractivity contribution in [3.63, 3.8) is 0 Å². The average Bonchev–Trinajstić information content (AvgIpc) is 2.77. The first-order valence-electron chi connectivity index (χ1n) is 12.1. The Morgan fingerprint density at radius 1 is 1.11 bits per heavy atom. The topological polar surface area (TPSA) is 58.1 Å². The summed E-state index contributed by atoms with van der Waals surface area (Å²) in [7, 11) is 0. The molecule has 0 fully saturated rings. The van der Waals surface area contributed by atoms with Crippen LogP contribution in [0, 0.1) is 43.6 Å². The number of aromatic nitrogens is 1. The van der Waals surface area contributed by atoms with E-state index in [4.69, 9.17) is 11.8 Å². The minimum Gasteiger partial charge on any atom is -0.293 e. The van der Waals surface area contributed by atoms with Crippen molar-refractivity contribution in [3.8, 4) is 6.07 Å². The maximum Gasteiger partial charge on any atom is 0.188 e. The second-order valence-electron chi connectivity index (χ2n) is 9.62. The zero-order valence-corrected chi connectivity index (χ0v) is 24.0. The van der Waals surface area contributed by atoms with Gasteiger partial charge >= 0.3 is 0 Å². The van der Waals surface area contributed by atoms with Gasteiger partial charge in [-0.05, 0) is 67.9 Å². The quantitative estimate of drug-likeness (QED) is 0.179. The van der Waals surface area contributed by atoms with Gasteiger partial charge in [0.15, 0.2) is 11.5 Å². The molecule has 1 aromatic heterocycles. The third-order valence-electron chi connectivity index (χ3n) is 5.34. The molecule has 0 saturated carbocycles. The normalized spacial score (nSPS) is 11.0. The first-order chi connectivity index (χ1) is 16.2. The van der Waals surface area contributed by atoms with E-state index >= 15 is 0 Å². The van der Waals surface area contributed by atoms with Gasteiger partial charge in [-0.3, -0.25) is 9.78 Å². The Kier molecular flexibility index (Phi) is 16.7. The molecule has 0 spiro atoms. The molecule has 0 aliphatic rings. The fraction of sp³-hybridized carbons (Fsp3) is 0.484. The van der Waals surface area contributed by atoms with Crippen LogP contribution in [0.2, 0.25) is 0 Å². The molecule has 4 heteroatoms. The predicted octanol–water partition coefficient (Wildman–Crippen LogP) is 8.86. The van der Waals surface area contributed by atoms with Gasteiger partial charge in [0.05, 0.1) is 12.1 Å². The highest BCUT2D eigenvalue weighted by Gasteiger charge is 2.14. The minimum atomic E-state index is -0.116. The monoisotopic (exact) mass is 475 g/mol. The number of Topliss-reactive ketones (excluding diaryl/α,β-unsaturated/α-hetero) is 1. The first-order valence-corrected chi connectivity index (χ1v) is 12.1. The Balaban J connectivity index is 0. The highest BCUT2D eigenvalue weighted by Crippen LogP contribution is 2.21. The van der Waals surface area contributed by atoms with Crippen LogP contribution in [0.4, 0.5) is 0 Å². The largest absolute Gasteiger partial charge is 0.293 e. The second-order valence-corrected chi connectivity index (χ2v) is 9.62. The number of carbonyl (C=O) groups excluding carboxylic acids is 1. The molecule has 4 nitrogen and oxygen atoms in total. The lowest BCUT2D eigenvalue weighted by Crippen LogP contribution is -2.10. The Labute approximate surface area is 215 Å². The molecule has 0 aromatic carbocycles. The fourth-order valence-electron chi connectivity index (χ4n) is 2.97. The molecule has 0 amide bonds. The van der Waals surface area contributed by atoms with Crippen LogP contribution in [0.15, 0.2) is 59.0 Å². The maximum absolute atomic E-state index is 11.5. The van der Waals surface area contributed by atoms with Crippen LogP contribution >= 0.6 is 0 Å². The van der Waals surface area contributed by atoms with Gasteiger partial charge in [0.1, 0.15) is 6.07 Å². The number of nitrogens with zero attached hydrogens (tertiary/aromatic N) is 3. The smallest absolute Gasteiger partial charge is 0.188 e. The summed E-state index contributed by atoms with van der Waals surface area (Å²) in [4.78, 5) is 19.3. The molecule has 0 unspecified atom stereocenters. The summed E-state index contributed by atoms with van der Waals surface area (Å²) in [6.07, 6.45) is 5.48. The van der Waals surface area contributed by atoms with Gasteiger partial charge in [-0.1, -0.05) is 73.1 Å². The van der Waals surface area contributed by atoms with Crippen molar-refractivity contribution in [2.75, 3.05) is 0 Å². The minimum absolute atomic E-state index is 0.0851. The zero-order chi connectivity index (χ0) is 27.9. The van der Waals surface area contributed by atoms with Crippen LogP contribution in [-0.4, -0.2) is 10.8 Å². The lowest BCUT2D eigenvalue weighted by molar-refractivity contribution is -0.117. The molecule has 1 rings (SSSR count). The van der Waals surface area contributed by atoms with Gasteiger partial charge < -0.3 is 0 Å². The highest BCUT2D eigenvalue weighted by molar-refractivity contribution is 6.01. The van der Waals surface area contributed by atoms with Crippen LogP contribution in [0.1, 0.15) is 92.0 Å². The number of rotatable bonds is 6. The molecule has 0 bridgehead atoms. The van der Waals surface area contributed by atoms with E-state index in [1.807, 2.05) is 39.1 Å². The molecule has 0 saturated heterocycles. The number of ketones is 1. The molecular formula is C31H45N3O. The number of nitriles is 1. The maximum atomic E-state index is 11.5. The molecule has 0 atom stereocenters. The van der Waals surface area contributed by atoms with Crippen LogP contribution in [0.3, 0.4) is 0 Å². The molecule has 0 aliphatic heterocycles. The van der Waals surface area contributed by atoms with Crippen LogP contribution < -0.4 is 0 Å². The number of pyridine rings is 1. The standard InChI is InChI=1S/C11H15NO.2C10H15N/c1-5-6-9(4)10(7-12)11(13)8(2)3;1-7(2)10-9(4)8(3)5-6-11-10;1-7(2)9(5)10(11-6)8(3)4/h5-6,8H,1-4H3;5-7H,1-4H3;7H,5H2,1-4H3/b6-5?,10-9-;;. The Morgan fingerprint density at radius 3 is 1.94 bits per heavy atom. The van der Waals surface area contributed by atoms with E-state index in [0.29, 0.717) is 11.8 Å². The number of carbonyl (C=O) groups is 1. The molecule has 35 heavy (non-hydrogen) atoms. The lowest BCUT2D eigenvalue weighted by Gasteiger charge is -2.09. The summed E-state index contributed by atoms with van der Waals surface area (Å²) in [5.74, 6) is 0.705. The third-order valence-corrected chi connectivity index (χ3v) is 5.34. The summed E-state index contributed by atoms with van der Waals surface area (Å²) >= 11 is 0. The van der Waals surface area contributed by atoms with Gasteiger partial charge in [-0.15, -0.1) is 6.58 Å². The first kappa shape index (κ1) is 33.9. The summed E-state index contributed by atoms with van der Waals surface area (Å²) < 4.78 is 0. The lowest BCUT2D eigenvalue weighted by atomic mass is 9.98. The van der Waals surface area contributed by atoms with E-state index in [2.05, 4.69) is 64.0 Å². The average molecular weight is 476 g/mol. The number of hydrogen-bond acceptors (Lipinski definition) is 3. The Bertz CT molecular complexity index is 1030. The van der Waals surface area contributed by atoms with E-state index in [-0.39, 0.29) is 17.3 Å². The van der Waals surface area contributed by atoms with E-state index in [9.17, 15) is 4.79 Å². The molecule has 190 valence electrons. The fourth-order valence-corrected chi connectivity index (χ4v) is 2.97. The van der Waals surface area contributed by atoms with E-state index in [0.717, 1.165) is 22.4 Å². The number of hydrogen-bond donors (Lipinski definition) is 0. The van der Waals surface area contributed by atoms with Crippen molar-refractivity contribution in [2.45, 2.75) is 89.0 Å². The van der Waals surface area contributed by atoms with Crippen LogP contribution in [-0.2, 0) is 4.79 Å².